The molecular weight excluding hydrogens is 304 g/mol. The monoisotopic (exact) mass is 316 g/mol. The average Bonchev–Trinajstić information content (AvgIpc) is 2.28. The molecule has 0 radical (unpaired) electrons. The van der Waals surface area contributed by atoms with E-state index >= 15 is 0 Å². The normalized spacial score (nSPS) is 13.9. The minimum Gasteiger partial charge on any atom is -0.265 e. The molecule has 0 N–H and O–H groups in total. The third-order valence-corrected chi connectivity index (χ3v) is 3.53. The summed E-state index contributed by atoms with van der Waals surface area (Å²) in [7, 11) is 0. The number of nitro groups is 2. The molecule has 0 bridgehead atoms. The van der Waals surface area contributed by atoms with Crippen LogP contribution in [0, 0.1) is 20.2 Å². The van der Waals surface area contributed by atoms with E-state index in [9.17, 15) is 20.2 Å². The maximum absolute atomic E-state index is 11.0. The zero-order valence-electron chi connectivity index (χ0n) is 9.78. The zero-order valence-corrected chi connectivity index (χ0v) is 11.4. The molecule has 98 valence electrons. The molecule has 7 heteroatoms. The molecule has 0 amide bonds. The van der Waals surface area contributed by atoms with Gasteiger partial charge in [0.05, 0.1) is 0 Å². The van der Waals surface area contributed by atoms with Crippen LogP contribution in [-0.2, 0) is 0 Å². The van der Waals surface area contributed by atoms with Gasteiger partial charge in [0.25, 0.3) is 0 Å². The summed E-state index contributed by atoms with van der Waals surface area (Å²) >= 11 is 3.29. The largest absolute Gasteiger partial charge is 0.265 e. The second kappa shape index (κ2) is 6.44. The van der Waals surface area contributed by atoms with Crippen molar-refractivity contribution in [3.8, 4) is 0 Å². The predicted octanol–water partition coefficient (Wildman–Crippen LogP) is 2.86. The van der Waals surface area contributed by atoms with Crippen LogP contribution in [0.15, 0.2) is 28.7 Å². The fourth-order valence-electron chi connectivity index (χ4n) is 1.94. The summed E-state index contributed by atoms with van der Waals surface area (Å²) < 4.78 is 0.664. The molecular formula is C11H13BrN2O4. The van der Waals surface area contributed by atoms with Crippen LogP contribution in [0.5, 0.6) is 0 Å². The smallest absolute Gasteiger partial charge is 0.226 e. The van der Waals surface area contributed by atoms with Gasteiger partial charge in [-0.1, -0.05) is 41.1 Å². The van der Waals surface area contributed by atoms with Crippen molar-refractivity contribution in [2.24, 2.45) is 0 Å². The molecule has 6 nitrogen and oxygen atoms in total. The molecule has 0 fully saturated rings. The van der Waals surface area contributed by atoms with E-state index in [0.29, 0.717) is 10.0 Å². The number of hydrogen-bond acceptors (Lipinski definition) is 4. The first-order valence-corrected chi connectivity index (χ1v) is 6.26. The highest BCUT2D eigenvalue weighted by Gasteiger charge is 2.36. The van der Waals surface area contributed by atoms with Gasteiger partial charge >= 0.3 is 0 Å². The fourth-order valence-corrected chi connectivity index (χ4v) is 2.52. The van der Waals surface area contributed by atoms with Crippen molar-refractivity contribution in [3.63, 3.8) is 0 Å². The summed E-state index contributed by atoms with van der Waals surface area (Å²) in [5.41, 5.74) is 0.609. The highest BCUT2D eigenvalue weighted by atomic mass is 79.9. The summed E-state index contributed by atoms with van der Waals surface area (Å²) in [5, 5.41) is 21.7. The highest BCUT2D eigenvalue weighted by Crippen LogP contribution is 2.30. The molecule has 0 saturated carbocycles. The van der Waals surface area contributed by atoms with Crippen molar-refractivity contribution < 1.29 is 9.85 Å². The number of rotatable bonds is 6. The Morgan fingerprint density at radius 2 is 1.89 bits per heavy atom. The van der Waals surface area contributed by atoms with E-state index in [-0.39, 0.29) is 6.42 Å². The predicted molar refractivity (Wildman–Crippen MR) is 69.8 cm³/mol. The van der Waals surface area contributed by atoms with E-state index in [1.54, 1.807) is 31.2 Å². The molecule has 0 aliphatic rings. The van der Waals surface area contributed by atoms with Crippen LogP contribution in [0.3, 0.4) is 0 Å². The Morgan fingerprint density at radius 3 is 2.33 bits per heavy atom. The number of hydrogen-bond donors (Lipinski definition) is 0. The van der Waals surface area contributed by atoms with Gasteiger partial charge in [-0.25, -0.2) is 0 Å². The van der Waals surface area contributed by atoms with Crippen molar-refractivity contribution >= 4 is 15.9 Å². The van der Waals surface area contributed by atoms with E-state index in [1.807, 2.05) is 0 Å². The standard InChI is InChI=1S/C11H13BrN2O4/c1-2-11(14(17)18)9(7-13(15)16)8-5-3-4-6-10(8)12/h3-6,9,11H,2,7H2,1H3/t9-,11-/m1/s1. The molecule has 0 aliphatic heterocycles. The minimum absolute atomic E-state index is 0.257. The third kappa shape index (κ3) is 3.49. The third-order valence-electron chi connectivity index (χ3n) is 2.80. The topological polar surface area (TPSA) is 86.3 Å². The van der Waals surface area contributed by atoms with E-state index < -0.39 is 28.4 Å². The second-order valence-corrected chi connectivity index (χ2v) is 4.76. The van der Waals surface area contributed by atoms with Gasteiger partial charge in [-0.15, -0.1) is 0 Å². The van der Waals surface area contributed by atoms with Gasteiger partial charge in [0.1, 0.15) is 5.92 Å². The van der Waals surface area contributed by atoms with E-state index in [0.717, 1.165) is 0 Å². The first-order valence-electron chi connectivity index (χ1n) is 5.47. The Balaban J connectivity index is 3.16. The van der Waals surface area contributed by atoms with Gasteiger partial charge in [0.2, 0.25) is 12.6 Å². The Hall–Kier alpha value is -1.50. The lowest BCUT2D eigenvalue weighted by Crippen LogP contribution is -2.31. The Labute approximate surface area is 112 Å². The van der Waals surface area contributed by atoms with Crippen molar-refractivity contribution in [2.75, 3.05) is 6.54 Å². The molecule has 0 heterocycles. The van der Waals surface area contributed by atoms with Gasteiger partial charge in [-0.3, -0.25) is 20.2 Å². The summed E-state index contributed by atoms with van der Waals surface area (Å²) in [6, 6.07) is 5.96. The number of halogens is 1. The lowest BCUT2D eigenvalue weighted by atomic mass is 9.90. The van der Waals surface area contributed by atoms with Gasteiger partial charge < -0.3 is 0 Å². The molecule has 1 aromatic rings. The molecule has 1 rings (SSSR count). The fraction of sp³-hybridized carbons (Fsp3) is 0.455. The lowest BCUT2D eigenvalue weighted by molar-refractivity contribution is -0.547. The first-order chi connectivity index (χ1) is 8.47. The Kier molecular flexibility index (Phi) is 5.21. The molecule has 1 aromatic carbocycles. The molecule has 18 heavy (non-hydrogen) atoms. The lowest BCUT2D eigenvalue weighted by Gasteiger charge is -2.18. The van der Waals surface area contributed by atoms with Crippen molar-refractivity contribution in [1.29, 1.82) is 0 Å². The van der Waals surface area contributed by atoms with Gasteiger partial charge in [0.15, 0.2) is 0 Å². The summed E-state index contributed by atoms with van der Waals surface area (Å²) in [5.74, 6) is -0.726. The van der Waals surface area contributed by atoms with E-state index in [1.165, 1.54) is 0 Å². The van der Waals surface area contributed by atoms with Crippen LogP contribution in [-0.4, -0.2) is 22.4 Å². The van der Waals surface area contributed by atoms with Gasteiger partial charge in [-0.05, 0) is 11.6 Å². The van der Waals surface area contributed by atoms with Crippen molar-refractivity contribution in [2.45, 2.75) is 25.3 Å². The van der Waals surface area contributed by atoms with Crippen LogP contribution < -0.4 is 0 Å². The SMILES string of the molecule is CC[C@H]([C@H](C[N+](=O)[O-])c1ccccc1Br)[N+](=O)[O-]. The number of nitrogens with zero attached hydrogens (tertiary/aromatic N) is 2. The number of benzene rings is 1. The molecule has 0 aliphatic carbocycles. The van der Waals surface area contributed by atoms with Crippen LogP contribution in [0.4, 0.5) is 0 Å². The molecule has 2 atom stereocenters. The second-order valence-electron chi connectivity index (χ2n) is 3.90. The molecule has 0 spiro atoms. The molecule has 0 aromatic heterocycles. The van der Waals surface area contributed by atoms with Crippen molar-refractivity contribution in [3.05, 3.63) is 54.5 Å². The van der Waals surface area contributed by atoms with Crippen LogP contribution in [0.2, 0.25) is 0 Å². The average molecular weight is 317 g/mol. The maximum Gasteiger partial charge on any atom is 0.226 e. The zero-order chi connectivity index (χ0) is 13.7. The van der Waals surface area contributed by atoms with E-state index in [2.05, 4.69) is 15.9 Å². The van der Waals surface area contributed by atoms with Crippen LogP contribution in [0.1, 0.15) is 24.8 Å². The summed E-state index contributed by atoms with van der Waals surface area (Å²) in [4.78, 5) is 20.8. The van der Waals surface area contributed by atoms with Crippen LogP contribution >= 0.6 is 15.9 Å². The summed E-state index contributed by atoms with van der Waals surface area (Å²) in [6.45, 7) is 1.22. The minimum atomic E-state index is -0.950. The Bertz CT molecular complexity index is 452. The van der Waals surface area contributed by atoms with E-state index in [4.69, 9.17) is 0 Å². The summed E-state index contributed by atoms with van der Waals surface area (Å²) in [6.07, 6.45) is 0.257. The van der Waals surface area contributed by atoms with Crippen molar-refractivity contribution in [1.82, 2.24) is 0 Å². The Morgan fingerprint density at radius 1 is 1.28 bits per heavy atom. The van der Waals surface area contributed by atoms with Gasteiger partial charge in [-0.2, -0.15) is 0 Å². The maximum atomic E-state index is 11.0. The highest BCUT2D eigenvalue weighted by molar-refractivity contribution is 9.10. The molecule has 0 unspecified atom stereocenters. The first kappa shape index (κ1) is 14.6. The van der Waals surface area contributed by atoms with Gasteiger partial charge in [0, 0.05) is 20.7 Å². The quantitative estimate of drug-likeness (QED) is 0.596. The molecule has 0 saturated heterocycles. The van der Waals surface area contributed by atoms with Crippen LogP contribution in [0.25, 0.3) is 0 Å².